The minimum Gasteiger partial charge on any atom is -0.316 e. The van der Waals surface area contributed by atoms with E-state index in [0.717, 1.165) is 25.9 Å². The molecule has 16 heavy (non-hydrogen) atoms. The number of aromatic nitrogens is 2. The Hall–Kier alpha value is -1.13. The van der Waals surface area contributed by atoms with E-state index in [-0.39, 0.29) is 0 Å². The highest BCUT2D eigenvalue weighted by Gasteiger charge is 1.97. The summed E-state index contributed by atoms with van der Waals surface area (Å²) in [5.74, 6) is 0. The Morgan fingerprint density at radius 2 is 2.19 bits per heavy atom. The Kier molecular flexibility index (Phi) is 4.13. The molecule has 0 saturated heterocycles. The Morgan fingerprint density at radius 3 is 2.88 bits per heavy atom. The van der Waals surface area contributed by atoms with Gasteiger partial charge in [-0.15, -0.1) is 0 Å². The van der Waals surface area contributed by atoms with Crippen LogP contribution >= 0.6 is 11.3 Å². The molecular formula is C12H17N3S. The maximum atomic E-state index is 4.15. The molecule has 0 amide bonds. The van der Waals surface area contributed by atoms with Gasteiger partial charge in [-0.25, -0.2) is 0 Å². The van der Waals surface area contributed by atoms with E-state index in [4.69, 9.17) is 0 Å². The fourth-order valence-electron chi connectivity index (χ4n) is 1.66. The standard InChI is InChI=1S/C12H17N3S/c1-15-12(4-8-14-15)3-7-13-6-2-11-5-9-16-10-11/h4-5,8-10,13H,2-3,6-7H2,1H3. The first-order chi connectivity index (χ1) is 7.86. The highest BCUT2D eigenvalue weighted by molar-refractivity contribution is 7.07. The first kappa shape index (κ1) is 11.4. The molecule has 2 aromatic rings. The molecule has 0 saturated carbocycles. The molecule has 86 valence electrons. The van der Waals surface area contributed by atoms with Crippen molar-refractivity contribution in [3.63, 3.8) is 0 Å². The minimum absolute atomic E-state index is 1.02. The van der Waals surface area contributed by atoms with E-state index in [1.807, 2.05) is 17.9 Å². The van der Waals surface area contributed by atoms with Crippen molar-refractivity contribution in [1.29, 1.82) is 0 Å². The summed E-state index contributed by atoms with van der Waals surface area (Å²) >= 11 is 1.76. The number of rotatable bonds is 6. The second kappa shape index (κ2) is 5.82. The number of nitrogens with zero attached hydrogens (tertiary/aromatic N) is 2. The molecule has 3 nitrogen and oxygen atoms in total. The van der Waals surface area contributed by atoms with Crippen molar-refractivity contribution in [2.75, 3.05) is 13.1 Å². The minimum atomic E-state index is 1.02. The second-order valence-corrected chi connectivity index (χ2v) is 4.61. The van der Waals surface area contributed by atoms with E-state index in [9.17, 15) is 0 Å². The largest absolute Gasteiger partial charge is 0.316 e. The van der Waals surface area contributed by atoms with Crippen molar-refractivity contribution in [3.8, 4) is 0 Å². The lowest BCUT2D eigenvalue weighted by Gasteiger charge is -2.04. The van der Waals surface area contributed by atoms with Gasteiger partial charge >= 0.3 is 0 Å². The maximum absolute atomic E-state index is 4.15. The first-order valence-electron chi connectivity index (χ1n) is 5.55. The first-order valence-corrected chi connectivity index (χ1v) is 6.49. The Labute approximate surface area is 100 Å². The van der Waals surface area contributed by atoms with Gasteiger partial charge in [0.15, 0.2) is 0 Å². The fraction of sp³-hybridized carbons (Fsp3) is 0.417. The van der Waals surface area contributed by atoms with E-state index >= 15 is 0 Å². The third-order valence-corrected chi connectivity index (χ3v) is 3.38. The average Bonchev–Trinajstić information content (AvgIpc) is 2.90. The van der Waals surface area contributed by atoms with Gasteiger partial charge in [-0.3, -0.25) is 4.68 Å². The smallest absolute Gasteiger partial charge is 0.0492 e. The molecule has 0 aliphatic carbocycles. The van der Waals surface area contributed by atoms with Crippen LogP contribution in [0, 0.1) is 0 Å². The molecule has 4 heteroatoms. The highest BCUT2D eigenvalue weighted by Crippen LogP contribution is 2.05. The van der Waals surface area contributed by atoms with Gasteiger partial charge in [-0.05, 0) is 41.4 Å². The molecule has 0 unspecified atom stereocenters. The summed E-state index contributed by atoms with van der Waals surface area (Å²) in [6.45, 7) is 2.07. The molecule has 0 atom stereocenters. The summed E-state index contributed by atoms with van der Waals surface area (Å²) in [4.78, 5) is 0. The van der Waals surface area contributed by atoms with Crippen LogP contribution in [0.25, 0.3) is 0 Å². The van der Waals surface area contributed by atoms with Crippen LogP contribution in [0.2, 0.25) is 0 Å². The third-order valence-electron chi connectivity index (χ3n) is 2.65. The van der Waals surface area contributed by atoms with Crippen LogP contribution in [0.3, 0.4) is 0 Å². The summed E-state index contributed by atoms with van der Waals surface area (Å²) < 4.78 is 1.93. The lowest BCUT2D eigenvalue weighted by molar-refractivity contribution is 0.642. The second-order valence-electron chi connectivity index (χ2n) is 3.83. The van der Waals surface area contributed by atoms with Crippen molar-refractivity contribution in [2.24, 2.45) is 7.05 Å². The quantitative estimate of drug-likeness (QED) is 0.775. The SMILES string of the molecule is Cn1nccc1CCNCCc1ccsc1. The zero-order valence-corrected chi connectivity index (χ0v) is 10.3. The van der Waals surface area contributed by atoms with Gasteiger partial charge in [0.2, 0.25) is 0 Å². The molecule has 0 aliphatic rings. The lowest BCUT2D eigenvalue weighted by atomic mass is 10.2. The van der Waals surface area contributed by atoms with Gasteiger partial charge < -0.3 is 5.32 Å². The number of thiophene rings is 1. The average molecular weight is 235 g/mol. The highest BCUT2D eigenvalue weighted by atomic mass is 32.1. The van der Waals surface area contributed by atoms with Crippen LogP contribution in [-0.2, 0) is 19.9 Å². The number of hydrogen-bond acceptors (Lipinski definition) is 3. The zero-order chi connectivity index (χ0) is 11.2. The van der Waals surface area contributed by atoms with E-state index in [1.165, 1.54) is 11.3 Å². The van der Waals surface area contributed by atoms with Crippen molar-refractivity contribution >= 4 is 11.3 Å². The zero-order valence-electron chi connectivity index (χ0n) is 9.52. The van der Waals surface area contributed by atoms with Crippen LogP contribution in [0.5, 0.6) is 0 Å². The van der Waals surface area contributed by atoms with Crippen molar-refractivity contribution in [3.05, 3.63) is 40.3 Å². The summed E-state index contributed by atoms with van der Waals surface area (Å²) in [6, 6.07) is 4.26. The molecular weight excluding hydrogens is 218 g/mol. The summed E-state index contributed by atoms with van der Waals surface area (Å²) in [5, 5.41) is 11.9. The van der Waals surface area contributed by atoms with Crippen molar-refractivity contribution in [2.45, 2.75) is 12.8 Å². The molecule has 0 aliphatic heterocycles. The molecule has 2 aromatic heterocycles. The van der Waals surface area contributed by atoms with Gasteiger partial charge in [-0.2, -0.15) is 16.4 Å². The van der Waals surface area contributed by atoms with Crippen LogP contribution in [0.4, 0.5) is 0 Å². The molecule has 0 fully saturated rings. The Balaban J connectivity index is 1.61. The monoisotopic (exact) mass is 235 g/mol. The lowest BCUT2D eigenvalue weighted by Crippen LogP contribution is -2.20. The van der Waals surface area contributed by atoms with Crippen molar-refractivity contribution < 1.29 is 0 Å². The molecule has 2 rings (SSSR count). The molecule has 1 N–H and O–H groups in total. The summed E-state index contributed by atoms with van der Waals surface area (Å²) in [6.07, 6.45) is 4.01. The predicted octanol–water partition coefficient (Wildman–Crippen LogP) is 1.86. The van der Waals surface area contributed by atoms with Gasteiger partial charge in [-0.1, -0.05) is 0 Å². The number of hydrogen-bond donors (Lipinski definition) is 1. The Morgan fingerprint density at radius 1 is 1.31 bits per heavy atom. The van der Waals surface area contributed by atoms with E-state index in [0.29, 0.717) is 0 Å². The van der Waals surface area contributed by atoms with Crippen LogP contribution in [0.1, 0.15) is 11.3 Å². The summed E-state index contributed by atoms with van der Waals surface area (Å²) in [5.41, 5.74) is 2.71. The Bertz CT molecular complexity index is 406. The van der Waals surface area contributed by atoms with Gasteiger partial charge in [0.05, 0.1) is 0 Å². The van der Waals surface area contributed by atoms with Gasteiger partial charge in [0.25, 0.3) is 0 Å². The summed E-state index contributed by atoms with van der Waals surface area (Å²) in [7, 11) is 1.99. The van der Waals surface area contributed by atoms with Crippen molar-refractivity contribution in [1.82, 2.24) is 15.1 Å². The number of aryl methyl sites for hydroxylation is 1. The normalized spacial score (nSPS) is 10.8. The van der Waals surface area contributed by atoms with Crippen LogP contribution in [0.15, 0.2) is 29.1 Å². The van der Waals surface area contributed by atoms with Crippen LogP contribution in [-0.4, -0.2) is 22.9 Å². The fourth-order valence-corrected chi connectivity index (χ4v) is 2.36. The molecule has 0 spiro atoms. The third kappa shape index (κ3) is 3.18. The van der Waals surface area contributed by atoms with Crippen LogP contribution < -0.4 is 5.32 Å². The van der Waals surface area contributed by atoms with Gasteiger partial charge in [0, 0.05) is 31.9 Å². The molecule has 0 aromatic carbocycles. The molecule has 0 radical (unpaired) electrons. The van der Waals surface area contributed by atoms with E-state index in [2.05, 4.69) is 33.3 Å². The number of nitrogens with one attached hydrogen (secondary N) is 1. The van der Waals surface area contributed by atoms with Gasteiger partial charge in [0.1, 0.15) is 0 Å². The predicted molar refractivity (Wildman–Crippen MR) is 67.8 cm³/mol. The maximum Gasteiger partial charge on any atom is 0.0492 e. The molecule has 2 heterocycles. The topological polar surface area (TPSA) is 29.9 Å². The van der Waals surface area contributed by atoms with E-state index in [1.54, 1.807) is 11.3 Å². The van der Waals surface area contributed by atoms with E-state index < -0.39 is 0 Å². The molecule has 0 bridgehead atoms.